The first-order valence-electron chi connectivity index (χ1n) is 7.60. The summed E-state index contributed by atoms with van der Waals surface area (Å²) >= 11 is 0. The van der Waals surface area contributed by atoms with Crippen LogP contribution in [0.3, 0.4) is 0 Å². The minimum atomic E-state index is -0.395. The highest BCUT2D eigenvalue weighted by molar-refractivity contribution is 5.77. The fourth-order valence-corrected chi connectivity index (χ4v) is 2.80. The molecule has 1 aliphatic rings. The van der Waals surface area contributed by atoms with Gasteiger partial charge < -0.3 is 4.74 Å². The van der Waals surface area contributed by atoms with Gasteiger partial charge in [-0.3, -0.25) is 10.00 Å². The highest BCUT2D eigenvalue weighted by atomic mass is 16.5. The summed E-state index contributed by atoms with van der Waals surface area (Å²) in [6.07, 6.45) is 10.8. The minimum absolute atomic E-state index is 0.230. The molecule has 0 saturated heterocycles. The van der Waals surface area contributed by atoms with E-state index in [1.807, 2.05) is 10.9 Å². The average Bonchev–Trinajstić information content (AvgIpc) is 2.94. The molecule has 1 saturated carbocycles. The van der Waals surface area contributed by atoms with Crippen LogP contribution in [0.25, 0.3) is 0 Å². The van der Waals surface area contributed by atoms with Gasteiger partial charge in [0, 0.05) is 24.3 Å². The van der Waals surface area contributed by atoms with Gasteiger partial charge in [0.05, 0.1) is 13.3 Å². The Bertz CT molecular complexity index is 425. The van der Waals surface area contributed by atoms with Crippen LogP contribution in [0.2, 0.25) is 0 Å². The molecule has 1 N–H and O–H groups in total. The molecule has 1 aliphatic carbocycles. The third-order valence-electron chi connectivity index (χ3n) is 3.88. The second-order valence-electron chi connectivity index (χ2n) is 5.49. The average molecular weight is 279 g/mol. The van der Waals surface area contributed by atoms with Crippen molar-refractivity contribution in [1.82, 2.24) is 15.1 Å². The number of hydrogen-bond donors (Lipinski definition) is 1. The Balaban J connectivity index is 2.07. The first-order valence-corrected chi connectivity index (χ1v) is 7.60. The van der Waals surface area contributed by atoms with Crippen molar-refractivity contribution in [3.05, 3.63) is 18.0 Å². The Labute approximate surface area is 120 Å². The van der Waals surface area contributed by atoms with Gasteiger partial charge in [-0.15, -0.1) is 0 Å². The van der Waals surface area contributed by atoms with E-state index in [2.05, 4.69) is 17.3 Å². The third-order valence-corrected chi connectivity index (χ3v) is 3.88. The summed E-state index contributed by atoms with van der Waals surface area (Å²) in [5, 5.41) is 7.76. The molecule has 1 aromatic heterocycles. The van der Waals surface area contributed by atoms with Crippen LogP contribution in [-0.2, 0) is 16.1 Å². The van der Waals surface area contributed by atoms with Gasteiger partial charge in [0.2, 0.25) is 0 Å². The molecule has 1 aromatic rings. The van der Waals surface area contributed by atoms with Crippen molar-refractivity contribution in [3.63, 3.8) is 0 Å². The van der Waals surface area contributed by atoms with Crippen molar-refractivity contribution in [2.24, 2.45) is 0 Å². The zero-order chi connectivity index (χ0) is 14.4. The lowest BCUT2D eigenvalue weighted by Crippen LogP contribution is -2.38. The molecule has 1 heterocycles. The normalized spacial score (nSPS) is 17.9. The van der Waals surface area contributed by atoms with E-state index in [1.54, 1.807) is 6.20 Å². The van der Waals surface area contributed by atoms with Gasteiger partial charge in [0.1, 0.15) is 6.04 Å². The maximum atomic E-state index is 12.0. The smallest absolute Gasteiger partial charge is 0.327 e. The van der Waals surface area contributed by atoms with Crippen LogP contribution in [-0.4, -0.2) is 28.9 Å². The summed E-state index contributed by atoms with van der Waals surface area (Å²) in [6.45, 7) is 2.98. The molecular formula is C15H25N3O2. The Kier molecular flexibility index (Phi) is 5.59. The zero-order valence-corrected chi connectivity index (χ0v) is 12.5. The summed E-state index contributed by atoms with van der Waals surface area (Å²) in [5.41, 5.74) is 0.899. The molecule has 0 radical (unpaired) electrons. The van der Waals surface area contributed by atoms with Gasteiger partial charge in [-0.1, -0.05) is 26.2 Å². The van der Waals surface area contributed by atoms with E-state index in [0.29, 0.717) is 6.04 Å². The summed E-state index contributed by atoms with van der Waals surface area (Å²) in [5.74, 6) is -0.230. The van der Waals surface area contributed by atoms with Crippen LogP contribution in [0.5, 0.6) is 0 Å². The molecule has 0 amide bonds. The molecule has 5 nitrogen and oxygen atoms in total. The van der Waals surface area contributed by atoms with Crippen molar-refractivity contribution < 1.29 is 9.53 Å². The summed E-state index contributed by atoms with van der Waals surface area (Å²) in [7, 11) is 1.44. The largest absolute Gasteiger partial charge is 0.468 e. The van der Waals surface area contributed by atoms with Gasteiger partial charge >= 0.3 is 5.97 Å². The van der Waals surface area contributed by atoms with Crippen molar-refractivity contribution in [2.45, 2.75) is 64.1 Å². The number of nitrogens with one attached hydrogen (secondary N) is 1. The van der Waals surface area contributed by atoms with Crippen LogP contribution >= 0.6 is 0 Å². The fraction of sp³-hybridized carbons (Fsp3) is 0.733. The highest BCUT2D eigenvalue weighted by Gasteiger charge is 2.26. The number of nitrogens with zero attached hydrogens (tertiary/aromatic N) is 2. The molecule has 1 unspecified atom stereocenters. The van der Waals surface area contributed by atoms with Crippen LogP contribution in [0.1, 0.15) is 57.1 Å². The number of ether oxygens (including phenoxy) is 1. The highest BCUT2D eigenvalue weighted by Crippen LogP contribution is 2.22. The fourth-order valence-electron chi connectivity index (χ4n) is 2.80. The first-order chi connectivity index (χ1) is 9.74. The SMILES string of the molecule is CCCn1cc(C(NC2CCCCC2)C(=O)OC)cn1. The van der Waals surface area contributed by atoms with Crippen molar-refractivity contribution in [3.8, 4) is 0 Å². The molecule has 1 atom stereocenters. The lowest BCUT2D eigenvalue weighted by molar-refractivity contribution is -0.143. The molecule has 0 spiro atoms. The van der Waals surface area contributed by atoms with E-state index >= 15 is 0 Å². The van der Waals surface area contributed by atoms with E-state index in [9.17, 15) is 4.79 Å². The second kappa shape index (κ2) is 7.43. The Morgan fingerprint density at radius 2 is 2.25 bits per heavy atom. The van der Waals surface area contributed by atoms with Gasteiger partial charge in [-0.25, -0.2) is 4.79 Å². The maximum Gasteiger partial charge on any atom is 0.327 e. The topological polar surface area (TPSA) is 56.2 Å². The predicted molar refractivity (Wildman–Crippen MR) is 77.3 cm³/mol. The van der Waals surface area contributed by atoms with Gasteiger partial charge in [-0.05, 0) is 19.3 Å². The van der Waals surface area contributed by atoms with Crippen molar-refractivity contribution >= 4 is 5.97 Å². The summed E-state index contributed by atoms with van der Waals surface area (Å²) in [6, 6.07) is 0.0103. The molecule has 0 bridgehead atoms. The predicted octanol–water partition coefficient (Wildman–Crippen LogP) is 2.43. The van der Waals surface area contributed by atoms with E-state index < -0.39 is 6.04 Å². The maximum absolute atomic E-state index is 12.0. The minimum Gasteiger partial charge on any atom is -0.468 e. The Morgan fingerprint density at radius 3 is 2.90 bits per heavy atom. The summed E-state index contributed by atoms with van der Waals surface area (Å²) in [4.78, 5) is 12.0. The lowest BCUT2D eigenvalue weighted by Gasteiger charge is -2.26. The lowest BCUT2D eigenvalue weighted by atomic mass is 9.94. The standard InChI is InChI=1S/C15H25N3O2/c1-3-9-18-11-12(10-16-18)14(15(19)20-2)17-13-7-5-4-6-8-13/h10-11,13-14,17H,3-9H2,1-2H3. The third kappa shape index (κ3) is 3.82. The first kappa shape index (κ1) is 15.0. The van der Waals surface area contributed by atoms with Crippen LogP contribution in [0, 0.1) is 0 Å². The number of carbonyl (C=O) groups excluding carboxylic acids is 1. The van der Waals surface area contributed by atoms with E-state index in [1.165, 1.54) is 26.4 Å². The van der Waals surface area contributed by atoms with E-state index in [4.69, 9.17) is 4.74 Å². The zero-order valence-electron chi connectivity index (χ0n) is 12.5. The number of rotatable bonds is 6. The molecule has 0 aliphatic heterocycles. The van der Waals surface area contributed by atoms with Crippen molar-refractivity contribution in [1.29, 1.82) is 0 Å². The van der Waals surface area contributed by atoms with Crippen LogP contribution in [0.15, 0.2) is 12.4 Å². The number of hydrogen-bond acceptors (Lipinski definition) is 4. The molecule has 1 fully saturated rings. The second-order valence-corrected chi connectivity index (χ2v) is 5.49. The number of aryl methyl sites for hydroxylation is 1. The van der Waals surface area contributed by atoms with Crippen LogP contribution < -0.4 is 5.32 Å². The quantitative estimate of drug-likeness (QED) is 0.813. The molecular weight excluding hydrogens is 254 g/mol. The number of methoxy groups -OCH3 is 1. The monoisotopic (exact) mass is 279 g/mol. The molecule has 20 heavy (non-hydrogen) atoms. The van der Waals surface area contributed by atoms with Crippen molar-refractivity contribution in [2.75, 3.05) is 7.11 Å². The molecule has 2 rings (SSSR count). The molecule has 5 heteroatoms. The molecule has 112 valence electrons. The van der Waals surface area contributed by atoms with Crippen LogP contribution in [0.4, 0.5) is 0 Å². The summed E-state index contributed by atoms with van der Waals surface area (Å²) < 4.78 is 6.82. The van der Waals surface area contributed by atoms with Gasteiger partial charge in [0.25, 0.3) is 0 Å². The Hall–Kier alpha value is -1.36. The Morgan fingerprint density at radius 1 is 1.50 bits per heavy atom. The van der Waals surface area contributed by atoms with E-state index in [-0.39, 0.29) is 5.97 Å². The van der Waals surface area contributed by atoms with Gasteiger partial charge in [0.15, 0.2) is 0 Å². The number of carbonyl (C=O) groups is 1. The number of esters is 1. The van der Waals surface area contributed by atoms with E-state index in [0.717, 1.165) is 31.4 Å². The van der Waals surface area contributed by atoms with Gasteiger partial charge in [-0.2, -0.15) is 5.10 Å². The number of aromatic nitrogens is 2. The molecule has 0 aromatic carbocycles.